The summed E-state index contributed by atoms with van der Waals surface area (Å²) in [6.45, 7) is 5.67. The molecule has 0 unspecified atom stereocenters. The SMILES string of the molecule is CO/C(=N/[S@](=O)C(C)(C)C)[C@@H](Nc1ccccc1)c1ccccc1. The van der Waals surface area contributed by atoms with Crippen LogP contribution in [0.4, 0.5) is 5.69 Å². The fourth-order valence-corrected chi connectivity index (χ4v) is 2.68. The van der Waals surface area contributed by atoms with E-state index in [4.69, 9.17) is 4.74 Å². The van der Waals surface area contributed by atoms with Crippen LogP contribution in [0.15, 0.2) is 65.1 Å². The number of benzene rings is 2. The summed E-state index contributed by atoms with van der Waals surface area (Å²) in [6.07, 6.45) is 0. The van der Waals surface area contributed by atoms with Gasteiger partial charge in [-0.15, -0.1) is 0 Å². The molecule has 0 aliphatic carbocycles. The lowest BCUT2D eigenvalue weighted by molar-refractivity contribution is 0.387. The standard InChI is InChI=1S/C19H24N2O2S/c1-19(2,3)24(22)21-18(23-4)17(15-11-7-5-8-12-15)20-16-13-9-6-10-14-16/h5-14,17,20H,1-4H3/b21-18+/t17-,24+/m0/s1. The molecule has 5 heteroatoms. The first-order valence-electron chi connectivity index (χ1n) is 7.83. The molecule has 2 aromatic carbocycles. The van der Waals surface area contributed by atoms with Gasteiger partial charge in [0.2, 0.25) is 5.90 Å². The van der Waals surface area contributed by atoms with Crippen LogP contribution in [-0.4, -0.2) is 22.0 Å². The van der Waals surface area contributed by atoms with Crippen LogP contribution in [0.25, 0.3) is 0 Å². The van der Waals surface area contributed by atoms with E-state index >= 15 is 0 Å². The molecule has 2 rings (SSSR count). The van der Waals surface area contributed by atoms with Gasteiger partial charge in [0.25, 0.3) is 0 Å². The van der Waals surface area contributed by atoms with E-state index in [1.807, 2.05) is 81.4 Å². The largest absolute Gasteiger partial charge is 0.482 e. The van der Waals surface area contributed by atoms with Crippen LogP contribution in [0, 0.1) is 0 Å². The number of hydrogen-bond acceptors (Lipinski definition) is 3. The lowest BCUT2D eigenvalue weighted by Crippen LogP contribution is -2.26. The van der Waals surface area contributed by atoms with Crippen LogP contribution in [0.1, 0.15) is 32.4 Å². The lowest BCUT2D eigenvalue weighted by Gasteiger charge is -2.22. The summed E-state index contributed by atoms with van der Waals surface area (Å²) in [5.74, 6) is 0.401. The van der Waals surface area contributed by atoms with Gasteiger partial charge in [-0.25, -0.2) is 4.21 Å². The van der Waals surface area contributed by atoms with Gasteiger partial charge >= 0.3 is 0 Å². The highest BCUT2D eigenvalue weighted by Gasteiger charge is 2.25. The summed E-state index contributed by atoms with van der Waals surface area (Å²) in [6, 6.07) is 19.4. The Labute approximate surface area is 146 Å². The Morgan fingerprint density at radius 3 is 2.08 bits per heavy atom. The topological polar surface area (TPSA) is 50.7 Å². The number of para-hydroxylation sites is 1. The predicted molar refractivity (Wildman–Crippen MR) is 102 cm³/mol. The summed E-state index contributed by atoms with van der Waals surface area (Å²) in [5, 5.41) is 3.41. The van der Waals surface area contributed by atoms with Gasteiger partial charge in [-0.1, -0.05) is 48.5 Å². The third kappa shape index (κ3) is 4.93. The maximum absolute atomic E-state index is 12.4. The molecule has 0 spiro atoms. The van der Waals surface area contributed by atoms with Crippen molar-refractivity contribution >= 4 is 22.6 Å². The molecule has 1 N–H and O–H groups in total. The molecule has 0 amide bonds. The molecule has 24 heavy (non-hydrogen) atoms. The summed E-state index contributed by atoms with van der Waals surface area (Å²) in [7, 11) is 0.160. The molecule has 0 aliphatic heterocycles. The zero-order valence-corrected chi connectivity index (χ0v) is 15.3. The Bertz CT molecular complexity index is 694. The van der Waals surface area contributed by atoms with E-state index in [0.29, 0.717) is 5.90 Å². The van der Waals surface area contributed by atoms with Gasteiger partial charge in [-0.05, 0) is 38.5 Å². The Hall–Kier alpha value is -2.14. The highest BCUT2D eigenvalue weighted by Crippen LogP contribution is 2.23. The van der Waals surface area contributed by atoms with Gasteiger partial charge in [-0.3, -0.25) is 0 Å². The van der Waals surface area contributed by atoms with Crippen LogP contribution in [0.3, 0.4) is 0 Å². The molecular weight excluding hydrogens is 320 g/mol. The van der Waals surface area contributed by atoms with E-state index in [2.05, 4.69) is 9.71 Å². The smallest absolute Gasteiger partial charge is 0.224 e. The normalized spacial score (nSPS) is 14.8. The van der Waals surface area contributed by atoms with E-state index in [1.54, 1.807) is 7.11 Å². The van der Waals surface area contributed by atoms with Gasteiger partial charge in [0.05, 0.1) is 11.9 Å². The Kier molecular flexibility index (Phi) is 6.15. The number of ether oxygens (including phenoxy) is 1. The maximum Gasteiger partial charge on any atom is 0.224 e. The van der Waals surface area contributed by atoms with Gasteiger partial charge in [0.15, 0.2) is 0 Å². The minimum atomic E-state index is -1.40. The Balaban J connectivity index is 2.40. The molecule has 0 radical (unpaired) electrons. The second-order valence-corrected chi connectivity index (χ2v) is 8.25. The van der Waals surface area contributed by atoms with E-state index in [-0.39, 0.29) is 6.04 Å². The summed E-state index contributed by atoms with van der Waals surface area (Å²) in [5.41, 5.74) is 1.94. The monoisotopic (exact) mass is 344 g/mol. The second kappa shape index (κ2) is 8.11. The summed E-state index contributed by atoms with van der Waals surface area (Å²) >= 11 is 0. The van der Waals surface area contributed by atoms with Crippen molar-refractivity contribution in [2.45, 2.75) is 31.6 Å². The van der Waals surface area contributed by atoms with Gasteiger partial charge in [0.1, 0.15) is 17.0 Å². The quantitative estimate of drug-likeness (QED) is 0.648. The lowest BCUT2D eigenvalue weighted by atomic mass is 10.1. The maximum atomic E-state index is 12.4. The highest BCUT2D eigenvalue weighted by atomic mass is 32.2. The molecule has 0 saturated heterocycles. The number of nitrogens with zero attached hydrogens (tertiary/aromatic N) is 1. The highest BCUT2D eigenvalue weighted by molar-refractivity contribution is 7.85. The zero-order valence-electron chi connectivity index (χ0n) is 14.5. The molecule has 0 heterocycles. The fraction of sp³-hybridized carbons (Fsp3) is 0.316. The number of rotatable bonds is 5. The first-order chi connectivity index (χ1) is 11.4. The van der Waals surface area contributed by atoms with Crippen LogP contribution in [0.2, 0.25) is 0 Å². The van der Waals surface area contributed by atoms with Gasteiger partial charge in [0, 0.05) is 5.69 Å². The minimum Gasteiger partial charge on any atom is -0.482 e. The van der Waals surface area contributed by atoms with Crippen LogP contribution >= 0.6 is 0 Å². The first kappa shape index (κ1) is 18.2. The van der Waals surface area contributed by atoms with Crippen molar-refractivity contribution in [3.8, 4) is 0 Å². The Morgan fingerprint density at radius 1 is 1.04 bits per heavy atom. The van der Waals surface area contributed by atoms with E-state index in [9.17, 15) is 4.21 Å². The van der Waals surface area contributed by atoms with Crippen LogP contribution in [0.5, 0.6) is 0 Å². The molecule has 128 valence electrons. The number of nitrogens with one attached hydrogen (secondary N) is 1. The van der Waals surface area contributed by atoms with Gasteiger partial charge < -0.3 is 10.1 Å². The molecule has 4 nitrogen and oxygen atoms in total. The van der Waals surface area contributed by atoms with Crippen LogP contribution < -0.4 is 5.32 Å². The predicted octanol–water partition coefficient (Wildman–Crippen LogP) is 4.35. The van der Waals surface area contributed by atoms with Crippen molar-refractivity contribution in [1.29, 1.82) is 0 Å². The molecule has 2 atom stereocenters. The number of hydrogen-bond donors (Lipinski definition) is 1. The zero-order chi connectivity index (χ0) is 17.6. The second-order valence-electron chi connectivity index (χ2n) is 6.35. The number of anilines is 1. The molecule has 2 aromatic rings. The third-order valence-electron chi connectivity index (χ3n) is 3.37. The fourth-order valence-electron chi connectivity index (χ4n) is 2.06. The molecule has 0 bridgehead atoms. The van der Waals surface area contributed by atoms with E-state index < -0.39 is 15.7 Å². The average molecular weight is 344 g/mol. The van der Waals surface area contributed by atoms with E-state index in [0.717, 1.165) is 11.3 Å². The molecule has 0 aliphatic rings. The Morgan fingerprint density at radius 2 is 1.58 bits per heavy atom. The molecule has 0 saturated carbocycles. The summed E-state index contributed by atoms with van der Waals surface area (Å²) in [4.78, 5) is 0. The first-order valence-corrected chi connectivity index (χ1v) is 8.93. The third-order valence-corrected chi connectivity index (χ3v) is 4.76. The van der Waals surface area contributed by atoms with Crippen molar-refractivity contribution in [3.63, 3.8) is 0 Å². The number of methoxy groups -OCH3 is 1. The minimum absolute atomic E-state index is 0.315. The molecule has 0 aromatic heterocycles. The van der Waals surface area contributed by atoms with Crippen molar-refractivity contribution in [3.05, 3.63) is 66.2 Å². The van der Waals surface area contributed by atoms with Crippen molar-refractivity contribution < 1.29 is 8.95 Å². The van der Waals surface area contributed by atoms with Crippen molar-refractivity contribution in [2.75, 3.05) is 12.4 Å². The van der Waals surface area contributed by atoms with Gasteiger partial charge in [-0.2, -0.15) is 4.40 Å². The molecule has 0 fully saturated rings. The summed E-state index contributed by atoms with van der Waals surface area (Å²) < 4.78 is 21.8. The van der Waals surface area contributed by atoms with Crippen LogP contribution in [-0.2, 0) is 15.7 Å². The molecular formula is C19H24N2O2S. The van der Waals surface area contributed by atoms with Crippen molar-refractivity contribution in [2.24, 2.45) is 4.40 Å². The average Bonchev–Trinajstić information content (AvgIpc) is 2.58. The van der Waals surface area contributed by atoms with E-state index in [1.165, 1.54) is 0 Å². The van der Waals surface area contributed by atoms with Crippen molar-refractivity contribution in [1.82, 2.24) is 0 Å².